The molecule has 0 unspecified atom stereocenters. The number of nitrogens with zero attached hydrogens (tertiary/aromatic N) is 1. The summed E-state index contributed by atoms with van der Waals surface area (Å²) in [5.41, 5.74) is 0.449. The Morgan fingerprint density at radius 3 is 2.82 bits per heavy atom. The SMILES string of the molecule is CCOC(=O)c1cccnc1SNC(C)(C)C. The Bertz CT molecular complexity index is 388. The van der Waals surface area contributed by atoms with E-state index in [9.17, 15) is 4.79 Å². The summed E-state index contributed by atoms with van der Waals surface area (Å²) < 4.78 is 8.20. The summed E-state index contributed by atoms with van der Waals surface area (Å²) in [7, 11) is 0. The number of ether oxygens (including phenoxy) is 1. The molecule has 0 fully saturated rings. The molecule has 0 saturated carbocycles. The summed E-state index contributed by atoms with van der Waals surface area (Å²) >= 11 is 1.35. The van der Waals surface area contributed by atoms with Crippen molar-refractivity contribution >= 4 is 17.9 Å². The Kier molecular flexibility index (Phi) is 4.96. The molecule has 1 aromatic heterocycles. The van der Waals surface area contributed by atoms with Gasteiger partial charge in [-0.05, 0) is 51.8 Å². The van der Waals surface area contributed by atoms with E-state index in [0.29, 0.717) is 17.2 Å². The van der Waals surface area contributed by atoms with Gasteiger partial charge in [-0.3, -0.25) is 4.72 Å². The second kappa shape index (κ2) is 6.02. The predicted octanol–water partition coefficient (Wildman–Crippen LogP) is 2.65. The van der Waals surface area contributed by atoms with Crippen LogP contribution in [0.4, 0.5) is 0 Å². The van der Waals surface area contributed by atoms with Gasteiger partial charge in [0.1, 0.15) is 5.03 Å². The molecule has 94 valence electrons. The van der Waals surface area contributed by atoms with Gasteiger partial charge in [-0.15, -0.1) is 0 Å². The van der Waals surface area contributed by atoms with Crippen molar-refractivity contribution in [2.24, 2.45) is 0 Å². The minimum Gasteiger partial charge on any atom is -0.462 e. The van der Waals surface area contributed by atoms with E-state index in [-0.39, 0.29) is 11.5 Å². The quantitative estimate of drug-likeness (QED) is 0.661. The van der Waals surface area contributed by atoms with Gasteiger partial charge in [-0.2, -0.15) is 0 Å². The molecule has 0 atom stereocenters. The Morgan fingerprint density at radius 1 is 1.53 bits per heavy atom. The Balaban J connectivity index is 2.81. The van der Waals surface area contributed by atoms with Crippen LogP contribution in [0, 0.1) is 0 Å². The zero-order valence-corrected chi connectivity index (χ0v) is 11.4. The van der Waals surface area contributed by atoms with Crippen molar-refractivity contribution in [3.63, 3.8) is 0 Å². The van der Waals surface area contributed by atoms with Crippen LogP contribution in [-0.2, 0) is 4.74 Å². The normalized spacial score (nSPS) is 11.3. The van der Waals surface area contributed by atoms with E-state index in [0.717, 1.165) is 0 Å². The molecular formula is C12H18N2O2S. The third-order valence-corrected chi connectivity index (χ3v) is 2.95. The summed E-state index contributed by atoms with van der Waals surface area (Å²) in [6.07, 6.45) is 1.66. The summed E-state index contributed by atoms with van der Waals surface area (Å²) in [4.78, 5) is 15.9. The monoisotopic (exact) mass is 254 g/mol. The zero-order chi connectivity index (χ0) is 12.9. The standard InChI is InChI=1S/C12H18N2O2S/c1-5-16-11(15)9-7-6-8-13-10(9)17-14-12(2,3)4/h6-8,14H,5H2,1-4H3. The maximum atomic E-state index is 11.7. The second-order valence-corrected chi connectivity index (χ2v) is 5.33. The van der Waals surface area contributed by atoms with Crippen LogP contribution in [0.3, 0.4) is 0 Å². The van der Waals surface area contributed by atoms with Crippen molar-refractivity contribution in [3.05, 3.63) is 23.9 Å². The third-order valence-electron chi connectivity index (χ3n) is 1.72. The van der Waals surface area contributed by atoms with Gasteiger partial charge in [0.25, 0.3) is 0 Å². The minimum absolute atomic E-state index is 0.0475. The highest BCUT2D eigenvalue weighted by molar-refractivity contribution is 7.97. The van der Waals surface area contributed by atoms with Gasteiger partial charge in [0.2, 0.25) is 0 Å². The van der Waals surface area contributed by atoms with Gasteiger partial charge in [0.15, 0.2) is 0 Å². The molecule has 0 bridgehead atoms. The molecular weight excluding hydrogens is 236 g/mol. The number of aromatic nitrogens is 1. The first-order valence-electron chi connectivity index (χ1n) is 5.50. The van der Waals surface area contributed by atoms with Crippen LogP contribution in [-0.4, -0.2) is 23.1 Å². The van der Waals surface area contributed by atoms with E-state index in [1.807, 2.05) is 20.8 Å². The predicted molar refractivity (Wildman–Crippen MR) is 68.9 cm³/mol. The lowest BCUT2D eigenvalue weighted by Crippen LogP contribution is -2.30. The maximum absolute atomic E-state index is 11.7. The van der Waals surface area contributed by atoms with Crippen molar-refractivity contribution in [2.75, 3.05) is 6.61 Å². The highest BCUT2D eigenvalue weighted by atomic mass is 32.2. The average molecular weight is 254 g/mol. The number of hydrogen-bond donors (Lipinski definition) is 1. The molecule has 1 heterocycles. The lowest BCUT2D eigenvalue weighted by Gasteiger charge is -2.19. The largest absolute Gasteiger partial charge is 0.462 e. The smallest absolute Gasteiger partial charge is 0.340 e. The maximum Gasteiger partial charge on any atom is 0.340 e. The van der Waals surface area contributed by atoms with Gasteiger partial charge >= 0.3 is 5.97 Å². The molecule has 4 nitrogen and oxygen atoms in total. The molecule has 0 spiro atoms. The Hall–Kier alpha value is -1.07. The molecule has 0 aliphatic carbocycles. The molecule has 1 rings (SSSR count). The van der Waals surface area contributed by atoms with E-state index in [2.05, 4.69) is 9.71 Å². The molecule has 0 aliphatic rings. The molecule has 1 aromatic rings. The molecule has 0 radical (unpaired) electrons. The van der Waals surface area contributed by atoms with Crippen molar-refractivity contribution in [3.8, 4) is 0 Å². The van der Waals surface area contributed by atoms with Crippen molar-refractivity contribution < 1.29 is 9.53 Å². The van der Waals surface area contributed by atoms with Gasteiger partial charge in [-0.1, -0.05) is 0 Å². The summed E-state index contributed by atoms with van der Waals surface area (Å²) in [5, 5.41) is 0.640. The number of esters is 1. The van der Waals surface area contributed by atoms with Crippen LogP contribution >= 0.6 is 11.9 Å². The molecule has 1 N–H and O–H groups in total. The fourth-order valence-electron chi connectivity index (χ4n) is 1.04. The number of carbonyl (C=O) groups excluding carboxylic acids is 1. The molecule has 0 aliphatic heterocycles. The lowest BCUT2D eigenvalue weighted by atomic mass is 10.1. The fraction of sp³-hybridized carbons (Fsp3) is 0.500. The summed E-state index contributed by atoms with van der Waals surface area (Å²) in [5.74, 6) is -0.334. The van der Waals surface area contributed by atoms with Gasteiger partial charge < -0.3 is 4.74 Å². The van der Waals surface area contributed by atoms with E-state index in [1.165, 1.54) is 11.9 Å². The first kappa shape index (κ1) is 14.0. The number of hydrogen-bond acceptors (Lipinski definition) is 5. The number of rotatable bonds is 4. The third kappa shape index (κ3) is 4.75. The van der Waals surface area contributed by atoms with E-state index >= 15 is 0 Å². The van der Waals surface area contributed by atoms with E-state index < -0.39 is 0 Å². The van der Waals surface area contributed by atoms with Crippen LogP contribution in [0.15, 0.2) is 23.4 Å². The van der Waals surface area contributed by atoms with Crippen LogP contribution in [0.5, 0.6) is 0 Å². The van der Waals surface area contributed by atoms with Crippen LogP contribution in [0.25, 0.3) is 0 Å². The van der Waals surface area contributed by atoms with Crippen molar-refractivity contribution in [1.82, 2.24) is 9.71 Å². The first-order chi connectivity index (χ1) is 7.94. The van der Waals surface area contributed by atoms with Crippen LogP contribution in [0.2, 0.25) is 0 Å². The molecule has 5 heteroatoms. The van der Waals surface area contributed by atoms with Crippen LogP contribution in [0.1, 0.15) is 38.1 Å². The first-order valence-corrected chi connectivity index (χ1v) is 6.32. The highest BCUT2D eigenvalue weighted by Gasteiger charge is 2.16. The minimum atomic E-state index is -0.334. The van der Waals surface area contributed by atoms with E-state index in [4.69, 9.17) is 4.74 Å². The van der Waals surface area contributed by atoms with Crippen molar-refractivity contribution in [1.29, 1.82) is 0 Å². The Morgan fingerprint density at radius 2 is 2.24 bits per heavy atom. The lowest BCUT2D eigenvalue weighted by molar-refractivity contribution is 0.0521. The fourth-order valence-corrected chi connectivity index (χ4v) is 1.82. The summed E-state index contributed by atoms with van der Waals surface area (Å²) in [6, 6.07) is 3.45. The number of pyridine rings is 1. The van der Waals surface area contributed by atoms with Crippen LogP contribution < -0.4 is 4.72 Å². The van der Waals surface area contributed by atoms with E-state index in [1.54, 1.807) is 25.3 Å². The highest BCUT2D eigenvalue weighted by Crippen LogP contribution is 2.20. The molecule has 0 amide bonds. The molecule has 0 aromatic carbocycles. The molecule has 0 saturated heterocycles. The number of nitrogens with one attached hydrogen (secondary N) is 1. The average Bonchev–Trinajstić information content (AvgIpc) is 2.26. The summed E-state index contributed by atoms with van der Waals surface area (Å²) in [6.45, 7) is 8.30. The molecule has 17 heavy (non-hydrogen) atoms. The second-order valence-electron chi connectivity index (χ2n) is 4.53. The van der Waals surface area contributed by atoms with Crippen molar-refractivity contribution in [2.45, 2.75) is 38.3 Å². The number of carbonyl (C=O) groups is 1. The van der Waals surface area contributed by atoms with Gasteiger partial charge in [0, 0.05) is 11.7 Å². The zero-order valence-electron chi connectivity index (χ0n) is 10.6. The van der Waals surface area contributed by atoms with Gasteiger partial charge in [-0.25, -0.2) is 9.78 Å². The topological polar surface area (TPSA) is 51.2 Å². The Labute approximate surface area is 106 Å². The van der Waals surface area contributed by atoms with Gasteiger partial charge in [0.05, 0.1) is 12.2 Å².